The Morgan fingerprint density at radius 2 is 2.05 bits per heavy atom. The molecule has 4 heteroatoms. The molecule has 1 aromatic carbocycles. The van der Waals surface area contributed by atoms with Gasteiger partial charge in [-0.25, -0.2) is 4.79 Å². The van der Waals surface area contributed by atoms with Crippen LogP contribution in [0.4, 0.5) is 4.79 Å². The van der Waals surface area contributed by atoms with E-state index in [1.807, 2.05) is 24.3 Å². The van der Waals surface area contributed by atoms with Crippen LogP contribution in [0, 0.1) is 11.8 Å². The summed E-state index contributed by atoms with van der Waals surface area (Å²) in [7, 11) is 1.66. The van der Waals surface area contributed by atoms with Crippen LogP contribution >= 0.6 is 0 Å². The summed E-state index contributed by atoms with van der Waals surface area (Å²) in [4.78, 5) is 11.9. The highest BCUT2D eigenvalue weighted by molar-refractivity contribution is 5.74. The second-order valence-corrected chi connectivity index (χ2v) is 5.89. The third-order valence-corrected chi connectivity index (χ3v) is 4.45. The van der Waals surface area contributed by atoms with Gasteiger partial charge in [-0.3, -0.25) is 0 Å². The van der Waals surface area contributed by atoms with Gasteiger partial charge in [-0.1, -0.05) is 24.3 Å². The first-order valence-corrected chi connectivity index (χ1v) is 7.60. The fourth-order valence-electron chi connectivity index (χ4n) is 3.28. The Bertz CT molecular complexity index is 524. The van der Waals surface area contributed by atoms with Crippen molar-refractivity contribution in [3.8, 4) is 5.75 Å². The summed E-state index contributed by atoms with van der Waals surface area (Å²) in [5.41, 5.74) is 1.19. The van der Waals surface area contributed by atoms with Gasteiger partial charge in [-0.15, -0.1) is 0 Å². The Morgan fingerprint density at radius 1 is 1.24 bits per heavy atom. The molecule has 4 nitrogen and oxygen atoms in total. The number of hydrogen-bond acceptors (Lipinski definition) is 2. The molecule has 2 N–H and O–H groups in total. The van der Waals surface area contributed by atoms with E-state index in [9.17, 15) is 4.79 Å². The van der Waals surface area contributed by atoms with Gasteiger partial charge in [-0.2, -0.15) is 0 Å². The molecule has 0 heterocycles. The van der Waals surface area contributed by atoms with E-state index in [0.29, 0.717) is 24.4 Å². The minimum atomic E-state index is -0.0468. The SMILES string of the molecule is COc1ccc(CCNC(=O)NC2CC3C=CC2C3)cc1. The van der Waals surface area contributed by atoms with Gasteiger partial charge < -0.3 is 15.4 Å². The van der Waals surface area contributed by atoms with Crippen LogP contribution in [0.3, 0.4) is 0 Å². The van der Waals surface area contributed by atoms with Crippen LogP contribution in [0.25, 0.3) is 0 Å². The van der Waals surface area contributed by atoms with Crippen molar-refractivity contribution < 1.29 is 9.53 Å². The van der Waals surface area contributed by atoms with E-state index in [1.165, 1.54) is 12.0 Å². The summed E-state index contributed by atoms with van der Waals surface area (Å²) in [5.74, 6) is 2.08. The van der Waals surface area contributed by atoms with Gasteiger partial charge in [0.15, 0.2) is 0 Å². The summed E-state index contributed by atoms with van der Waals surface area (Å²) in [6.45, 7) is 0.648. The lowest BCUT2D eigenvalue weighted by Gasteiger charge is -2.20. The van der Waals surface area contributed by atoms with Crippen molar-refractivity contribution in [1.29, 1.82) is 0 Å². The highest BCUT2D eigenvalue weighted by Gasteiger charge is 2.36. The number of hydrogen-bond donors (Lipinski definition) is 2. The average molecular weight is 286 g/mol. The predicted octanol–water partition coefficient (Wildman–Crippen LogP) is 2.50. The molecule has 2 aliphatic rings. The normalized spacial score (nSPS) is 25.9. The number of ether oxygens (including phenoxy) is 1. The maximum atomic E-state index is 11.9. The van der Waals surface area contributed by atoms with Crippen molar-refractivity contribution in [2.24, 2.45) is 11.8 Å². The molecule has 2 amide bonds. The molecule has 1 fully saturated rings. The number of carbonyl (C=O) groups excluding carboxylic acids is 1. The molecule has 2 bridgehead atoms. The molecule has 0 saturated heterocycles. The maximum absolute atomic E-state index is 11.9. The Labute approximate surface area is 125 Å². The van der Waals surface area contributed by atoms with Crippen LogP contribution in [0.2, 0.25) is 0 Å². The quantitative estimate of drug-likeness (QED) is 0.817. The second-order valence-electron chi connectivity index (χ2n) is 5.89. The zero-order chi connectivity index (χ0) is 14.7. The number of urea groups is 1. The smallest absolute Gasteiger partial charge is 0.315 e. The van der Waals surface area contributed by atoms with E-state index in [0.717, 1.165) is 18.6 Å². The number of nitrogens with one attached hydrogen (secondary N) is 2. The molecule has 0 radical (unpaired) electrons. The van der Waals surface area contributed by atoms with Crippen LogP contribution in [0.15, 0.2) is 36.4 Å². The monoisotopic (exact) mass is 286 g/mol. The molecule has 112 valence electrons. The van der Waals surface area contributed by atoms with Gasteiger partial charge in [-0.05, 0) is 48.8 Å². The first-order valence-electron chi connectivity index (χ1n) is 7.60. The fourth-order valence-corrected chi connectivity index (χ4v) is 3.28. The molecule has 1 saturated carbocycles. The number of carbonyl (C=O) groups is 1. The molecule has 0 spiro atoms. The van der Waals surface area contributed by atoms with E-state index in [-0.39, 0.29) is 6.03 Å². The Balaban J connectivity index is 1.38. The van der Waals surface area contributed by atoms with Gasteiger partial charge in [0.05, 0.1) is 7.11 Å². The highest BCUT2D eigenvalue weighted by atomic mass is 16.5. The summed E-state index contributed by atoms with van der Waals surface area (Å²) in [5, 5.41) is 6.03. The Morgan fingerprint density at radius 3 is 2.67 bits per heavy atom. The Kier molecular flexibility index (Phi) is 4.13. The standard InChI is InChI=1S/C17H22N2O2/c1-21-15-6-3-12(4-7-15)8-9-18-17(20)19-16-11-13-2-5-14(16)10-13/h2-7,13-14,16H,8-11H2,1H3,(H2,18,19,20). The van der Waals surface area contributed by atoms with Crippen molar-refractivity contribution in [2.45, 2.75) is 25.3 Å². The zero-order valence-electron chi connectivity index (χ0n) is 12.3. The van der Waals surface area contributed by atoms with Gasteiger partial charge >= 0.3 is 6.03 Å². The Hall–Kier alpha value is -1.97. The van der Waals surface area contributed by atoms with E-state index >= 15 is 0 Å². The maximum Gasteiger partial charge on any atom is 0.315 e. The molecule has 21 heavy (non-hydrogen) atoms. The zero-order valence-corrected chi connectivity index (χ0v) is 12.3. The summed E-state index contributed by atoms with van der Waals surface area (Å²) in [6, 6.07) is 8.21. The number of amides is 2. The van der Waals surface area contributed by atoms with E-state index in [4.69, 9.17) is 4.74 Å². The van der Waals surface area contributed by atoms with Crippen LogP contribution in [0.5, 0.6) is 5.75 Å². The van der Waals surface area contributed by atoms with E-state index in [2.05, 4.69) is 22.8 Å². The van der Waals surface area contributed by atoms with Crippen LogP contribution in [-0.2, 0) is 6.42 Å². The minimum absolute atomic E-state index is 0.0468. The molecule has 2 aliphatic carbocycles. The lowest BCUT2D eigenvalue weighted by molar-refractivity contribution is 0.235. The summed E-state index contributed by atoms with van der Waals surface area (Å²) < 4.78 is 5.13. The molecular weight excluding hydrogens is 264 g/mol. The number of allylic oxidation sites excluding steroid dienone is 1. The van der Waals surface area contributed by atoms with E-state index < -0.39 is 0 Å². The first-order chi connectivity index (χ1) is 10.2. The lowest BCUT2D eigenvalue weighted by atomic mass is 10.0. The van der Waals surface area contributed by atoms with Crippen molar-refractivity contribution in [1.82, 2.24) is 10.6 Å². The molecular formula is C17H22N2O2. The number of fused-ring (bicyclic) bond motifs is 2. The fraction of sp³-hybridized carbons (Fsp3) is 0.471. The highest BCUT2D eigenvalue weighted by Crippen LogP contribution is 2.38. The number of benzene rings is 1. The second kappa shape index (κ2) is 6.20. The third-order valence-electron chi connectivity index (χ3n) is 4.45. The largest absolute Gasteiger partial charge is 0.497 e. The molecule has 3 rings (SSSR count). The van der Waals surface area contributed by atoms with Crippen molar-refractivity contribution in [2.75, 3.05) is 13.7 Å². The molecule has 1 aromatic rings. The summed E-state index contributed by atoms with van der Waals surface area (Å²) in [6.07, 6.45) is 7.65. The third kappa shape index (κ3) is 3.38. The van der Waals surface area contributed by atoms with Gasteiger partial charge in [0.2, 0.25) is 0 Å². The van der Waals surface area contributed by atoms with E-state index in [1.54, 1.807) is 7.11 Å². The van der Waals surface area contributed by atoms with Crippen molar-refractivity contribution >= 4 is 6.03 Å². The topological polar surface area (TPSA) is 50.4 Å². The van der Waals surface area contributed by atoms with Gasteiger partial charge in [0.25, 0.3) is 0 Å². The first kappa shape index (κ1) is 14.0. The number of methoxy groups -OCH3 is 1. The van der Waals surface area contributed by atoms with Gasteiger partial charge in [0.1, 0.15) is 5.75 Å². The number of rotatable bonds is 5. The molecule has 3 unspecified atom stereocenters. The minimum Gasteiger partial charge on any atom is -0.497 e. The van der Waals surface area contributed by atoms with Crippen LogP contribution in [-0.4, -0.2) is 25.7 Å². The molecule has 0 aromatic heterocycles. The molecule has 3 atom stereocenters. The average Bonchev–Trinajstić information content (AvgIpc) is 3.10. The van der Waals surface area contributed by atoms with Crippen molar-refractivity contribution in [3.05, 3.63) is 42.0 Å². The summed E-state index contributed by atoms with van der Waals surface area (Å²) >= 11 is 0. The van der Waals surface area contributed by atoms with Crippen LogP contribution < -0.4 is 15.4 Å². The van der Waals surface area contributed by atoms with Crippen molar-refractivity contribution in [3.63, 3.8) is 0 Å². The predicted molar refractivity (Wildman–Crippen MR) is 82.4 cm³/mol. The van der Waals surface area contributed by atoms with Gasteiger partial charge in [0, 0.05) is 12.6 Å². The lowest BCUT2D eigenvalue weighted by Crippen LogP contribution is -2.44. The molecule has 0 aliphatic heterocycles. The van der Waals surface area contributed by atoms with Crippen LogP contribution in [0.1, 0.15) is 18.4 Å².